The second-order valence-electron chi connectivity index (χ2n) is 17.0. The number of aliphatic carboxylic acids is 1. The lowest BCUT2D eigenvalue weighted by Gasteiger charge is -2.29. The third kappa shape index (κ3) is 21.2. The Labute approximate surface area is 374 Å². The van der Waals surface area contributed by atoms with Crippen LogP contribution < -0.4 is 60.2 Å². The standard InChI is InChI=1S/C42H70N12O10/c1-21(2)17-28(52-40(62)33(23(5)6)54-36(58)27(49-34(56)24(7)43)15-12-16-47-42(45)46)38(60)50-29(19-26-13-10-9-11-14-26)39(61)51-30(20-32(44)55)37(59)48-25(8)35(57)53-31(41(63)64)18-22(3)4/h9-11,13-14,21-25,27-31,33H,12,15-20,43H2,1-8H3,(H2,44,55)(H,48,59)(H,49,56)(H,50,60)(H,51,61)(H,52,62)(H,53,57)(H,54,58)(H,63,64)(H4,45,46,47)/t24-,25-,27-,28-,29-,30-,31-,33-/m0/s1. The zero-order valence-electron chi connectivity index (χ0n) is 38.1. The summed E-state index contributed by atoms with van der Waals surface area (Å²) >= 11 is 0. The van der Waals surface area contributed by atoms with Crippen molar-refractivity contribution < 1.29 is 48.3 Å². The molecule has 22 nitrogen and oxygen atoms in total. The van der Waals surface area contributed by atoms with Crippen molar-refractivity contribution in [1.29, 1.82) is 0 Å². The van der Waals surface area contributed by atoms with Crippen molar-refractivity contribution in [3.05, 3.63) is 35.9 Å². The first-order valence-corrected chi connectivity index (χ1v) is 21.3. The Morgan fingerprint density at radius 2 is 1.06 bits per heavy atom. The summed E-state index contributed by atoms with van der Waals surface area (Å²) < 4.78 is 0. The van der Waals surface area contributed by atoms with Gasteiger partial charge in [0.2, 0.25) is 47.3 Å². The lowest BCUT2D eigenvalue weighted by Crippen LogP contribution is -2.61. The summed E-state index contributed by atoms with van der Waals surface area (Å²) in [7, 11) is 0. The smallest absolute Gasteiger partial charge is 0.326 e. The maximum atomic E-state index is 14.1. The van der Waals surface area contributed by atoms with Gasteiger partial charge in [-0.15, -0.1) is 0 Å². The van der Waals surface area contributed by atoms with Crippen LogP contribution in [0.3, 0.4) is 0 Å². The van der Waals surface area contributed by atoms with E-state index >= 15 is 0 Å². The molecule has 0 fully saturated rings. The molecule has 0 saturated heterocycles. The van der Waals surface area contributed by atoms with Crippen LogP contribution in [0.4, 0.5) is 0 Å². The van der Waals surface area contributed by atoms with Crippen molar-refractivity contribution in [3.63, 3.8) is 0 Å². The van der Waals surface area contributed by atoms with Gasteiger partial charge in [-0.3, -0.25) is 43.3 Å². The first kappa shape index (κ1) is 55.7. The van der Waals surface area contributed by atoms with E-state index in [-0.39, 0.29) is 50.0 Å². The molecule has 16 N–H and O–H groups in total. The minimum absolute atomic E-state index is 0.0759. The average molecular weight is 903 g/mol. The molecule has 0 radical (unpaired) electrons. The highest BCUT2D eigenvalue weighted by atomic mass is 16.4. The number of carboxylic acids is 1. The molecule has 0 saturated carbocycles. The van der Waals surface area contributed by atoms with Gasteiger partial charge in [-0.1, -0.05) is 71.9 Å². The number of primary amides is 1. The Morgan fingerprint density at radius 3 is 1.58 bits per heavy atom. The van der Waals surface area contributed by atoms with E-state index in [2.05, 4.69) is 42.2 Å². The summed E-state index contributed by atoms with van der Waals surface area (Å²) in [5, 5.41) is 27.4. The van der Waals surface area contributed by atoms with Crippen LogP contribution >= 0.6 is 0 Å². The zero-order chi connectivity index (χ0) is 48.8. The summed E-state index contributed by atoms with van der Waals surface area (Å²) in [4.78, 5) is 122. The molecule has 1 rings (SSSR count). The first-order valence-electron chi connectivity index (χ1n) is 21.3. The largest absolute Gasteiger partial charge is 0.480 e. The highest BCUT2D eigenvalue weighted by molar-refractivity contribution is 5.98. The van der Waals surface area contributed by atoms with E-state index in [1.165, 1.54) is 13.8 Å². The van der Waals surface area contributed by atoms with Gasteiger partial charge in [0, 0.05) is 13.0 Å². The molecule has 1 aromatic rings. The summed E-state index contributed by atoms with van der Waals surface area (Å²) in [6.45, 7) is 13.4. The van der Waals surface area contributed by atoms with Crippen LogP contribution in [0.2, 0.25) is 0 Å². The highest BCUT2D eigenvalue weighted by Gasteiger charge is 2.35. The molecule has 22 heteroatoms. The molecule has 0 spiro atoms. The van der Waals surface area contributed by atoms with Gasteiger partial charge in [-0.2, -0.15) is 0 Å². The van der Waals surface area contributed by atoms with E-state index in [4.69, 9.17) is 22.9 Å². The van der Waals surface area contributed by atoms with Crippen LogP contribution in [0.1, 0.15) is 93.1 Å². The number of nitrogens with one attached hydrogen (secondary N) is 7. The molecular weight excluding hydrogens is 833 g/mol. The number of carbonyl (C=O) groups is 9. The van der Waals surface area contributed by atoms with Crippen molar-refractivity contribution in [2.75, 3.05) is 6.54 Å². The normalized spacial score (nSPS) is 14.9. The SMILES string of the molecule is CC(C)C[C@H](NC(=O)[C@H](C)NC(=O)[C@H](CC(N)=O)NC(=O)[C@H](Cc1ccccc1)NC(=O)[C@H](CC(C)C)NC(=O)[C@@H](NC(=O)[C@H](CCCN=C(N)N)NC(=O)[C@H](C)N)C(C)C)C(=O)O. The monoisotopic (exact) mass is 903 g/mol. The topological polar surface area (TPSA) is 375 Å². The van der Waals surface area contributed by atoms with Gasteiger partial charge in [-0.05, 0) is 62.8 Å². The summed E-state index contributed by atoms with van der Waals surface area (Å²) in [5.41, 5.74) is 22.5. The Hall–Kier alpha value is -6.32. The highest BCUT2D eigenvalue weighted by Crippen LogP contribution is 2.12. The van der Waals surface area contributed by atoms with E-state index < -0.39 is 114 Å². The summed E-state index contributed by atoms with van der Waals surface area (Å²) in [5.74, 6) is -8.73. The molecule has 0 heterocycles. The number of hydrogen-bond acceptors (Lipinski definition) is 11. The van der Waals surface area contributed by atoms with E-state index in [1.807, 2.05) is 0 Å². The van der Waals surface area contributed by atoms with E-state index in [0.29, 0.717) is 12.0 Å². The van der Waals surface area contributed by atoms with Gasteiger partial charge >= 0.3 is 5.97 Å². The first-order chi connectivity index (χ1) is 29.8. The number of carbonyl (C=O) groups excluding carboxylic acids is 8. The lowest BCUT2D eigenvalue weighted by atomic mass is 9.98. The Morgan fingerprint density at radius 1 is 0.578 bits per heavy atom. The molecule has 358 valence electrons. The number of hydrogen-bond donors (Lipinski definition) is 12. The number of guanidine groups is 1. The van der Waals surface area contributed by atoms with Crippen molar-refractivity contribution in [2.24, 2.45) is 45.7 Å². The molecule has 0 unspecified atom stereocenters. The molecule has 8 atom stereocenters. The Balaban J connectivity index is 3.40. The number of carboxylic acid groups (broad SMARTS) is 1. The fourth-order valence-electron chi connectivity index (χ4n) is 6.21. The fourth-order valence-corrected chi connectivity index (χ4v) is 6.21. The quantitative estimate of drug-likeness (QED) is 0.0241. The van der Waals surface area contributed by atoms with E-state index in [9.17, 15) is 48.3 Å². The molecule has 0 bridgehead atoms. The zero-order valence-corrected chi connectivity index (χ0v) is 38.1. The predicted octanol–water partition coefficient (Wildman–Crippen LogP) is -2.25. The van der Waals surface area contributed by atoms with Crippen LogP contribution in [-0.4, -0.2) is 119 Å². The maximum Gasteiger partial charge on any atom is 0.326 e. The third-order valence-electron chi connectivity index (χ3n) is 9.61. The number of nitrogens with zero attached hydrogens (tertiary/aromatic N) is 1. The second kappa shape index (κ2) is 27.7. The Bertz CT molecular complexity index is 1790. The minimum atomic E-state index is -1.63. The average Bonchev–Trinajstić information content (AvgIpc) is 3.19. The third-order valence-corrected chi connectivity index (χ3v) is 9.61. The molecule has 64 heavy (non-hydrogen) atoms. The van der Waals surface area contributed by atoms with Gasteiger partial charge in [0.1, 0.15) is 42.3 Å². The van der Waals surface area contributed by atoms with E-state index in [1.54, 1.807) is 71.9 Å². The Kier molecular flexibility index (Phi) is 24.1. The molecule has 0 aromatic heterocycles. The molecule has 0 aliphatic heterocycles. The van der Waals surface area contributed by atoms with Gasteiger partial charge in [0.25, 0.3) is 0 Å². The van der Waals surface area contributed by atoms with Crippen LogP contribution in [0.15, 0.2) is 35.3 Å². The minimum Gasteiger partial charge on any atom is -0.480 e. The van der Waals surface area contributed by atoms with Crippen LogP contribution in [0.25, 0.3) is 0 Å². The van der Waals surface area contributed by atoms with Crippen LogP contribution in [0, 0.1) is 17.8 Å². The predicted molar refractivity (Wildman–Crippen MR) is 238 cm³/mol. The molecule has 1 aromatic carbocycles. The molecule has 8 amide bonds. The van der Waals surface area contributed by atoms with Gasteiger partial charge in [-0.25, -0.2) is 4.79 Å². The van der Waals surface area contributed by atoms with Crippen LogP contribution in [-0.2, 0) is 49.6 Å². The van der Waals surface area contributed by atoms with Gasteiger partial charge in [0.15, 0.2) is 5.96 Å². The van der Waals surface area contributed by atoms with Gasteiger partial charge in [0.05, 0.1) is 12.5 Å². The number of aliphatic imine (C=N–C) groups is 1. The number of benzene rings is 1. The number of nitrogens with two attached hydrogens (primary N) is 4. The summed E-state index contributed by atoms with van der Waals surface area (Å²) in [6.07, 6.45) is -0.227. The lowest BCUT2D eigenvalue weighted by molar-refractivity contribution is -0.142. The molecule has 0 aliphatic carbocycles. The van der Waals surface area contributed by atoms with Crippen LogP contribution in [0.5, 0.6) is 0 Å². The maximum absolute atomic E-state index is 14.1. The second-order valence-corrected chi connectivity index (χ2v) is 17.0. The van der Waals surface area contributed by atoms with Crippen molar-refractivity contribution in [1.82, 2.24) is 37.2 Å². The van der Waals surface area contributed by atoms with Crippen molar-refractivity contribution in [3.8, 4) is 0 Å². The molecule has 0 aliphatic rings. The van der Waals surface area contributed by atoms with Crippen molar-refractivity contribution >= 4 is 59.2 Å². The molecular formula is C42H70N12O10. The van der Waals surface area contributed by atoms with Gasteiger partial charge < -0.3 is 65.3 Å². The van der Waals surface area contributed by atoms with E-state index in [0.717, 1.165) is 0 Å². The van der Waals surface area contributed by atoms with Crippen molar-refractivity contribution in [2.45, 2.75) is 142 Å². The number of amides is 8. The summed E-state index contributed by atoms with van der Waals surface area (Å²) in [6, 6.07) is -1.54. The fraction of sp³-hybridized carbons (Fsp3) is 0.619. The number of rotatable bonds is 28.